The van der Waals surface area contributed by atoms with Gasteiger partial charge in [0, 0.05) is 44.2 Å². The normalized spacial score (nSPS) is 18.8. The molecule has 3 heterocycles. The summed E-state index contributed by atoms with van der Waals surface area (Å²) in [6.45, 7) is 5.75. The Bertz CT molecular complexity index is 768. The number of anilines is 2. The minimum Gasteiger partial charge on any atom is -0.356 e. The molecule has 0 saturated carbocycles. The van der Waals surface area contributed by atoms with Gasteiger partial charge in [-0.25, -0.2) is 9.37 Å². The number of hydrogen-bond acceptors (Lipinski definition) is 6. The molecule has 1 aromatic carbocycles. The van der Waals surface area contributed by atoms with Crippen LogP contribution in [0.4, 0.5) is 16.2 Å². The molecule has 0 unspecified atom stereocenters. The zero-order valence-electron chi connectivity index (χ0n) is 15.6. The molecule has 1 aromatic heterocycles. The van der Waals surface area contributed by atoms with Crippen molar-refractivity contribution in [1.29, 1.82) is 0 Å². The van der Waals surface area contributed by atoms with Crippen molar-refractivity contribution in [3.05, 3.63) is 47.4 Å². The monoisotopic (exact) mass is 372 g/mol. The van der Waals surface area contributed by atoms with Gasteiger partial charge in [0.15, 0.2) is 5.79 Å². The highest BCUT2D eigenvalue weighted by Crippen LogP contribution is 2.32. The van der Waals surface area contributed by atoms with Crippen LogP contribution in [-0.4, -0.2) is 48.6 Å². The van der Waals surface area contributed by atoms with E-state index in [1.165, 1.54) is 12.1 Å². The van der Waals surface area contributed by atoms with Gasteiger partial charge in [-0.2, -0.15) is 4.98 Å². The number of piperidine rings is 1. The molecule has 0 radical (unpaired) electrons. The maximum absolute atomic E-state index is 13.0. The smallest absolute Gasteiger partial charge is 0.224 e. The Kier molecular flexibility index (Phi) is 5.22. The van der Waals surface area contributed by atoms with Crippen LogP contribution in [0, 0.1) is 12.7 Å². The molecule has 1 spiro atoms. The fourth-order valence-electron chi connectivity index (χ4n) is 3.62. The summed E-state index contributed by atoms with van der Waals surface area (Å²) in [5, 5.41) is 3.28. The number of benzene rings is 1. The molecular formula is C20H25FN4O2. The number of aromatic nitrogens is 2. The molecule has 2 aliphatic heterocycles. The molecule has 2 fully saturated rings. The van der Waals surface area contributed by atoms with Gasteiger partial charge in [-0.1, -0.05) is 12.1 Å². The van der Waals surface area contributed by atoms with Crippen LogP contribution in [0.2, 0.25) is 0 Å². The predicted molar refractivity (Wildman–Crippen MR) is 101 cm³/mol. The topological polar surface area (TPSA) is 59.5 Å². The number of nitrogens with zero attached hydrogens (tertiary/aromatic N) is 3. The lowest BCUT2D eigenvalue weighted by Crippen LogP contribution is -2.45. The van der Waals surface area contributed by atoms with Gasteiger partial charge in [0.05, 0.1) is 13.2 Å². The largest absolute Gasteiger partial charge is 0.356 e. The van der Waals surface area contributed by atoms with Crippen molar-refractivity contribution in [3.63, 3.8) is 0 Å². The van der Waals surface area contributed by atoms with Crippen molar-refractivity contribution >= 4 is 11.8 Å². The number of hydrogen-bond donors (Lipinski definition) is 1. The average Bonchev–Trinajstić information content (AvgIpc) is 3.11. The third-order valence-corrected chi connectivity index (χ3v) is 5.11. The summed E-state index contributed by atoms with van der Waals surface area (Å²) in [5.74, 6) is 0.963. The maximum atomic E-state index is 13.0. The Labute approximate surface area is 158 Å². The van der Waals surface area contributed by atoms with Crippen LogP contribution in [0.3, 0.4) is 0 Å². The van der Waals surface area contributed by atoms with E-state index >= 15 is 0 Å². The van der Waals surface area contributed by atoms with Gasteiger partial charge >= 0.3 is 0 Å². The molecule has 2 saturated heterocycles. The summed E-state index contributed by atoms with van der Waals surface area (Å²) in [6.07, 6.45) is 2.49. The zero-order valence-corrected chi connectivity index (χ0v) is 15.6. The van der Waals surface area contributed by atoms with Crippen LogP contribution in [0.15, 0.2) is 30.3 Å². The first-order valence-electron chi connectivity index (χ1n) is 9.49. The molecule has 2 aliphatic rings. The summed E-state index contributed by atoms with van der Waals surface area (Å²) < 4.78 is 24.6. The van der Waals surface area contributed by atoms with E-state index < -0.39 is 0 Å². The van der Waals surface area contributed by atoms with E-state index in [2.05, 4.69) is 20.2 Å². The molecule has 0 aliphatic carbocycles. The van der Waals surface area contributed by atoms with Crippen LogP contribution in [0.5, 0.6) is 0 Å². The van der Waals surface area contributed by atoms with Gasteiger partial charge in [0.25, 0.3) is 0 Å². The van der Waals surface area contributed by atoms with Gasteiger partial charge in [-0.05, 0) is 31.0 Å². The summed E-state index contributed by atoms with van der Waals surface area (Å²) in [7, 11) is 0. The molecule has 4 rings (SSSR count). The maximum Gasteiger partial charge on any atom is 0.224 e. The fourth-order valence-corrected chi connectivity index (χ4v) is 3.62. The summed E-state index contributed by atoms with van der Waals surface area (Å²) in [5.41, 5.74) is 2.01. The highest BCUT2D eigenvalue weighted by Gasteiger charge is 2.40. The Morgan fingerprint density at radius 1 is 1.11 bits per heavy atom. The minimum atomic E-state index is -0.380. The van der Waals surface area contributed by atoms with Crippen LogP contribution in [0.25, 0.3) is 0 Å². The lowest BCUT2D eigenvalue weighted by atomic mass is 10.0. The lowest BCUT2D eigenvalue weighted by Gasteiger charge is -2.38. The van der Waals surface area contributed by atoms with E-state index in [0.29, 0.717) is 25.7 Å². The number of nitrogens with one attached hydrogen (secondary N) is 1. The third-order valence-electron chi connectivity index (χ3n) is 5.11. The Morgan fingerprint density at radius 3 is 2.52 bits per heavy atom. The zero-order chi connectivity index (χ0) is 18.7. The molecule has 7 heteroatoms. The van der Waals surface area contributed by atoms with E-state index in [-0.39, 0.29) is 11.6 Å². The molecule has 0 bridgehead atoms. The second-order valence-electron chi connectivity index (χ2n) is 7.09. The van der Waals surface area contributed by atoms with Crippen molar-refractivity contribution in [2.75, 3.05) is 43.1 Å². The van der Waals surface area contributed by atoms with E-state index in [0.717, 1.165) is 49.4 Å². The quantitative estimate of drug-likeness (QED) is 0.871. The van der Waals surface area contributed by atoms with Gasteiger partial charge in [0.1, 0.15) is 11.6 Å². The summed E-state index contributed by atoms with van der Waals surface area (Å²) in [4.78, 5) is 11.4. The minimum absolute atomic E-state index is 0.213. The van der Waals surface area contributed by atoms with Crippen molar-refractivity contribution in [1.82, 2.24) is 9.97 Å². The average molecular weight is 372 g/mol. The van der Waals surface area contributed by atoms with E-state index in [1.54, 1.807) is 12.1 Å². The van der Waals surface area contributed by atoms with Crippen LogP contribution >= 0.6 is 0 Å². The molecule has 0 atom stereocenters. The van der Waals surface area contributed by atoms with Gasteiger partial charge < -0.3 is 19.7 Å². The first kappa shape index (κ1) is 18.1. The number of rotatable bonds is 5. The van der Waals surface area contributed by atoms with Gasteiger partial charge in [-0.15, -0.1) is 0 Å². The van der Waals surface area contributed by atoms with Crippen molar-refractivity contribution < 1.29 is 13.9 Å². The SMILES string of the molecule is Cc1cc(N2CCC3(CC2)OCCO3)nc(NCCc2ccc(F)cc2)n1. The van der Waals surface area contributed by atoms with Gasteiger partial charge in [-0.3, -0.25) is 0 Å². The highest BCUT2D eigenvalue weighted by atomic mass is 19.1. The van der Waals surface area contributed by atoms with Crippen LogP contribution in [0.1, 0.15) is 24.1 Å². The van der Waals surface area contributed by atoms with Gasteiger partial charge in [0.2, 0.25) is 5.95 Å². The van der Waals surface area contributed by atoms with Crippen molar-refractivity contribution in [2.24, 2.45) is 0 Å². The second-order valence-corrected chi connectivity index (χ2v) is 7.09. The molecule has 6 nitrogen and oxygen atoms in total. The van der Waals surface area contributed by atoms with Crippen LogP contribution < -0.4 is 10.2 Å². The molecule has 2 aromatic rings. The molecular weight excluding hydrogens is 347 g/mol. The highest BCUT2D eigenvalue weighted by molar-refractivity contribution is 5.45. The molecule has 0 amide bonds. The number of halogens is 1. The predicted octanol–water partition coefficient (Wildman–Crippen LogP) is 2.92. The molecule has 144 valence electrons. The number of ether oxygens (including phenoxy) is 2. The standard InChI is InChI=1S/C20H25FN4O2/c1-15-14-18(25-10-7-20(8-11-25)26-12-13-27-20)24-19(23-15)22-9-6-16-2-4-17(21)5-3-16/h2-5,14H,6-13H2,1H3,(H,22,23,24). The van der Waals surface area contributed by atoms with Crippen LogP contribution in [-0.2, 0) is 15.9 Å². The molecule has 1 N–H and O–H groups in total. The van der Waals surface area contributed by atoms with Crippen molar-refractivity contribution in [3.8, 4) is 0 Å². The Hall–Kier alpha value is -2.25. The van der Waals surface area contributed by atoms with Crippen molar-refractivity contribution in [2.45, 2.75) is 32.0 Å². The molecule has 27 heavy (non-hydrogen) atoms. The van der Waals surface area contributed by atoms with E-state index in [1.807, 2.05) is 13.0 Å². The first-order valence-corrected chi connectivity index (χ1v) is 9.49. The number of aryl methyl sites for hydroxylation is 1. The Balaban J connectivity index is 1.36. The summed E-state index contributed by atoms with van der Waals surface area (Å²) in [6, 6.07) is 8.58. The first-order chi connectivity index (χ1) is 13.1. The Morgan fingerprint density at radius 2 is 1.81 bits per heavy atom. The second kappa shape index (κ2) is 7.78. The fraction of sp³-hybridized carbons (Fsp3) is 0.500. The van der Waals surface area contributed by atoms with E-state index in [4.69, 9.17) is 9.47 Å². The third kappa shape index (κ3) is 4.36. The lowest BCUT2D eigenvalue weighted by molar-refractivity contribution is -0.169. The van der Waals surface area contributed by atoms with E-state index in [9.17, 15) is 4.39 Å². The summed E-state index contributed by atoms with van der Waals surface area (Å²) >= 11 is 0.